The van der Waals surface area contributed by atoms with Gasteiger partial charge in [0.25, 0.3) is 15.5 Å². The van der Waals surface area contributed by atoms with Crippen LogP contribution >= 0.6 is 10.7 Å². The molecule has 0 bridgehead atoms. The Hall–Kier alpha value is -0.690. The van der Waals surface area contributed by atoms with E-state index in [0.29, 0.717) is 0 Å². The highest BCUT2D eigenvalue weighted by Crippen LogP contribution is 2.11. The molecule has 0 amide bonds. The molecule has 1 aromatic rings. The quantitative estimate of drug-likeness (QED) is 0.730. The highest BCUT2D eigenvalue weighted by molar-refractivity contribution is 8.13. The maximum atomic E-state index is 11.8. The molecule has 1 rings (SSSR count). The van der Waals surface area contributed by atoms with E-state index in [0.717, 1.165) is 16.9 Å². The number of hydrogen-bond donors (Lipinski definition) is 0. The molecule has 0 atom stereocenters. The fourth-order valence-corrected chi connectivity index (χ4v) is 1.39. The normalized spacial score (nSPS) is 12.3. The van der Waals surface area contributed by atoms with Crippen LogP contribution in [0.1, 0.15) is 0 Å². The van der Waals surface area contributed by atoms with Crippen molar-refractivity contribution in [3.63, 3.8) is 0 Å². The maximum Gasteiger partial charge on any atom is 0.280 e. The van der Waals surface area contributed by atoms with E-state index in [-0.39, 0.29) is 0 Å². The van der Waals surface area contributed by atoms with Crippen molar-refractivity contribution in [2.75, 3.05) is 0 Å². The first kappa shape index (κ1) is 10.4. The van der Waals surface area contributed by atoms with Gasteiger partial charge in [-0.1, -0.05) is 0 Å². The van der Waals surface area contributed by atoms with Gasteiger partial charge in [-0.3, -0.25) is 4.68 Å². The van der Waals surface area contributed by atoms with Gasteiger partial charge in [0.2, 0.25) is 0 Å². The number of aromatic nitrogens is 2. The summed E-state index contributed by atoms with van der Waals surface area (Å²) in [6, 6.07) is 1.06. The Morgan fingerprint density at radius 2 is 2.23 bits per heavy atom. The van der Waals surface area contributed by atoms with Gasteiger partial charge in [-0.15, -0.1) is 0 Å². The second kappa shape index (κ2) is 3.59. The predicted octanol–water partition coefficient (Wildman–Crippen LogP) is 1.08. The van der Waals surface area contributed by atoms with Crippen LogP contribution < -0.4 is 0 Å². The molecule has 0 aliphatic carbocycles. The molecule has 1 aromatic heterocycles. The lowest BCUT2D eigenvalue weighted by Crippen LogP contribution is -2.07. The summed E-state index contributed by atoms with van der Waals surface area (Å²) in [4.78, 5) is 0. The van der Waals surface area contributed by atoms with E-state index in [1.54, 1.807) is 0 Å². The van der Waals surface area contributed by atoms with Crippen LogP contribution in [0.5, 0.6) is 0 Å². The Morgan fingerprint density at radius 1 is 1.62 bits per heavy atom. The summed E-state index contributed by atoms with van der Waals surface area (Å²) in [5.74, 6) is 0. The zero-order chi connectivity index (χ0) is 10.1. The first-order chi connectivity index (χ1) is 5.89. The molecule has 0 radical (unpaired) electrons. The first-order valence-corrected chi connectivity index (χ1v) is 5.47. The zero-order valence-electron chi connectivity index (χ0n) is 6.19. The molecule has 1 heterocycles. The van der Waals surface area contributed by atoms with Crippen LogP contribution in [0.2, 0.25) is 0 Å². The molecule has 74 valence electrons. The lowest BCUT2D eigenvalue weighted by molar-refractivity contribution is 0.121. The summed E-state index contributed by atoms with van der Waals surface area (Å²) in [7, 11) is 0.995. The minimum Gasteiger partial charge on any atom is -0.266 e. The molecule has 13 heavy (non-hydrogen) atoms. The number of hydrogen-bond acceptors (Lipinski definition) is 3. The standard InChI is InChI=1S/C5H5ClF2N2O2S/c6-13(11,12)5-1-2-10(9-5)3-4(7)8/h1-2,4H,3H2. The van der Waals surface area contributed by atoms with Crippen LogP contribution in [0.4, 0.5) is 8.78 Å². The highest BCUT2D eigenvalue weighted by atomic mass is 35.7. The second-order valence-electron chi connectivity index (χ2n) is 2.20. The van der Waals surface area contributed by atoms with E-state index in [9.17, 15) is 17.2 Å². The van der Waals surface area contributed by atoms with Gasteiger partial charge < -0.3 is 0 Å². The van der Waals surface area contributed by atoms with E-state index >= 15 is 0 Å². The number of alkyl halides is 2. The summed E-state index contributed by atoms with van der Waals surface area (Å²) in [6.45, 7) is -0.646. The highest BCUT2D eigenvalue weighted by Gasteiger charge is 2.14. The molecule has 0 aromatic carbocycles. The Kier molecular flexibility index (Phi) is 2.87. The summed E-state index contributed by atoms with van der Waals surface area (Å²) in [5, 5.41) is 2.92. The van der Waals surface area contributed by atoms with E-state index in [4.69, 9.17) is 10.7 Å². The minimum atomic E-state index is -3.92. The van der Waals surface area contributed by atoms with Crippen molar-refractivity contribution >= 4 is 19.7 Å². The Morgan fingerprint density at radius 3 is 2.62 bits per heavy atom. The smallest absolute Gasteiger partial charge is 0.266 e. The summed E-state index contributed by atoms with van der Waals surface area (Å²) >= 11 is 0. The van der Waals surface area contributed by atoms with Crippen LogP contribution in [0.25, 0.3) is 0 Å². The molecule has 4 nitrogen and oxygen atoms in total. The Balaban J connectivity index is 2.88. The molecule has 0 aliphatic rings. The van der Waals surface area contributed by atoms with Crippen molar-refractivity contribution < 1.29 is 17.2 Å². The molecule has 0 unspecified atom stereocenters. The van der Waals surface area contributed by atoms with Gasteiger partial charge in [-0.05, 0) is 6.07 Å². The van der Waals surface area contributed by atoms with Crippen molar-refractivity contribution in [3.8, 4) is 0 Å². The van der Waals surface area contributed by atoms with Gasteiger partial charge in [0.1, 0.15) is 6.54 Å². The van der Waals surface area contributed by atoms with E-state index in [1.807, 2.05) is 0 Å². The van der Waals surface area contributed by atoms with Crippen LogP contribution in [0.3, 0.4) is 0 Å². The van der Waals surface area contributed by atoms with Crippen LogP contribution in [-0.4, -0.2) is 24.6 Å². The molecule has 8 heteroatoms. The van der Waals surface area contributed by atoms with Crippen molar-refractivity contribution in [1.29, 1.82) is 0 Å². The summed E-state index contributed by atoms with van der Waals surface area (Å²) < 4.78 is 45.7. The summed E-state index contributed by atoms with van der Waals surface area (Å²) in [5.41, 5.74) is 0. The van der Waals surface area contributed by atoms with Gasteiger partial charge in [-0.2, -0.15) is 5.10 Å². The van der Waals surface area contributed by atoms with Crippen molar-refractivity contribution in [1.82, 2.24) is 9.78 Å². The lowest BCUT2D eigenvalue weighted by atomic mass is 10.7. The zero-order valence-corrected chi connectivity index (χ0v) is 7.76. The van der Waals surface area contributed by atoms with E-state index in [1.165, 1.54) is 0 Å². The SMILES string of the molecule is O=S(=O)(Cl)c1ccn(CC(F)F)n1. The van der Waals surface area contributed by atoms with Gasteiger partial charge in [0, 0.05) is 16.9 Å². The fourth-order valence-electron chi connectivity index (χ4n) is 0.716. The van der Waals surface area contributed by atoms with Gasteiger partial charge in [-0.25, -0.2) is 17.2 Å². The lowest BCUT2D eigenvalue weighted by Gasteiger charge is -1.97. The second-order valence-corrected chi connectivity index (χ2v) is 4.72. The largest absolute Gasteiger partial charge is 0.280 e. The monoisotopic (exact) mass is 230 g/mol. The van der Waals surface area contributed by atoms with Gasteiger partial charge in [0.05, 0.1) is 0 Å². The molecule has 0 saturated carbocycles. The van der Waals surface area contributed by atoms with Gasteiger partial charge >= 0.3 is 0 Å². The average molecular weight is 231 g/mol. The average Bonchev–Trinajstić information content (AvgIpc) is 2.32. The molecule has 0 N–H and O–H groups in total. The third kappa shape index (κ3) is 2.92. The molecule has 0 aliphatic heterocycles. The van der Waals surface area contributed by atoms with Crippen molar-refractivity contribution in [2.45, 2.75) is 18.0 Å². The van der Waals surface area contributed by atoms with Crippen molar-refractivity contribution in [2.24, 2.45) is 0 Å². The third-order valence-corrected chi connectivity index (χ3v) is 2.38. The third-order valence-electron chi connectivity index (χ3n) is 1.19. The molecular formula is C5H5ClF2N2O2S. The Bertz CT molecular complexity index is 389. The van der Waals surface area contributed by atoms with E-state index in [2.05, 4.69) is 5.10 Å². The first-order valence-electron chi connectivity index (χ1n) is 3.16. The number of nitrogens with zero attached hydrogens (tertiary/aromatic N) is 2. The molecular weight excluding hydrogens is 226 g/mol. The maximum absolute atomic E-state index is 11.8. The van der Waals surface area contributed by atoms with Crippen molar-refractivity contribution in [3.05, 3.63) is 12.3 Å². The van der Waals surface area contributed by atoms with Gasteiger partial charge in [0.15, 0.2) is 5.03 Å². The fraction of sp³-hybridized carbons (Fsp3) is 0.400. The minimum absolute atomic E-state index is 0.421. The molecule has 0 fully saturated rings. The predicted molar refractivity (Wildman–Crippen MR) is 41.3 cm³/mol. The van der Waals surface area contributed by atoms with E-state index < -0.39 is 27.0 Å². The number of rotatable bonds is 3. The topological polar surface area (TPSA) is 52.0 Å². The van der Waals surface area contributed by atoms with Crippen LogP contribution in [0.15, 0.2) is 17.3 Å². The molecule has 0 saturated heterocycles. The number of halogens is 3. The van der Waals surface area contributed by atoms with Crippen LogP contribution in [0, 0.1) is 0 Å². The summed E-state index contributed by atoms with van der Waals surface area (Å²) in [6.07, 6.45) is -1.45. The molecule has 0 spiro atoms. The Labute approximate surface area is 77.5 Å². The van der Waals surface area contributed by atoms with Crippen LogP contribution in [-0.2, 0) is 15.6 Å².